The first-order valence-electron chi connectivity index (χ1n) is 7.77. The van der Waals surface area contributed by atoms with Crippen molar-refractivity contribution in [2.24, 2.45) is 5.73 Å². The highest BCUT2D eigenvalue weighted by molar-refractivity contribution is 5.67. The van der Waals surface area contributed by atoms with Crippen LogP contribution in [0.15, 0.2) is 0 Å². The van der Waals surface area contributed by atoms with Gasteiger partial charge < -0.3 is 20.5 Å². The minimum atomic E-state index is -0.467. The van der Waals surface area contributed by atoms with Crippen molar-refractivity contribution in [3.63, 3.8) is 0 Å². The molecule has 0 saturated carbocycles. The van der Waals surface area contributed by atoms with Gasteiger partial charge >= 0.3 is 6.09 Å². The van der Waals surface area contributed by atoms with Crippen LogP contribution in [0.5, 0.6) is 0 Å². The van der Waals surface area contributed by atoms with Gasteiger partial charge in [0.05, 0.1) is 12.7 Å². The van der Waals surface area contributed by atoms with Gasteiger partial charge in [-0.15, -0.1) is 0 Å². The molecule has 1 fully saturated rings. The van der Waals surface area contributed by atoms with E-state index in [1.54, 1.807) is 0 Å². The van der Waals surface area contributed by atoms with E-state index in [1.165, 1.54) is 0 Å². The summed E-state index contributed by atoms with van der Waals surface area (Å²) in [5, 5.41) is 2.79. The molecule has 3 unspecified atom stereocenters. The van der Waals surface area contributed by atoms with Gasteiger partial charge in [-0.3, -0.25) is 4.90 Å². The van der Waals surface area contributed by atoms with E-state index < -0.39 is 5.60 Å². The van der Waals surface area contributed by atoms with E-state index in [0.717, 1.165) is 19.6 Å². The zero-order valence-corrected chi connectivity index (χ0v) is 14.0. The van der Waals surface area contributed by atoms with Gasteiger partial charge in [-0.2, -0.15) is 0 Å². The Morgan fingerprint density at radius 3 is 2.71 bits per heavy atom. The molecule has 1 amide bonds. The lowest BCUT2D eigenvalue weighted by Crippen LogP contribution is -2.55. The summed E-state index contributed by atoms with van der Waals surface area (Å²) in [5.74, 6) is 0. The first-order valence-corrected chi connectivity index (χ1v) is 7.77. The number of hydrogen-bond donors (Lipinski definition) is 2. The Morgan fingerprint density at radius 1 is 1.48 bits per heavy atom. The van der Waals surface area contributed by atoms with Crippen LogP contribution in [0.3, 0.4) is 0 Å². The number of carbonyl (C=O) groups is 1. The molecule has 0 aromatic rings. The Kier molecular flexibility index (Phi) is 6.90. The van der Waals surface area contributed by atoms with Crippen LogP contribution < -0.4 is 11.1 Å². The molecule has 1 saturated heterocycles. The van der Waals surface area contributed by atoms with Gasteiger partial charge in [-0.05, 0) is 41.0 Å². The third-order valence-corrected chi connectivity index (χ3v) is 3.54. The first kappa shape index (κ1) is 18.2. The summed E-state index contributed by atoms with van der Waals surface area (Å²) < 4.78 is 10.9. The van der Waals surface area contributed by atoms with Gasteiger partial charge in [0.15, 0.2) is 0 Å². The second kappa shape index (κ2) is 7.96. The molecular weight excluding hydrogens is 270 g/mol. The SMILES string of the molecule is CC1CN(C(CN)CCNC(=O)OC(C)(C)C)C(C)CO1. The lowest BCUT2D eigenvalue weighted by atomic mass is 10.1. The molecule has 124 valence electrons. The van der Waals surface area contributed by atoms with E-state index in [0.29, 0.717) is 19.1 Å². The average Bonchev–Trinajstić information content (AvgIpc) is 2.36. The number of carbonyl (C=O) groups excluding carboxylic acids is 1. The topological polar surface area (TPSA) is 76.8 Å². The van der Waals surface area contributed by atoms with Crippen LogP contribution in [0.1, 0.15) is 41.0 Å². The second-order valence-electron chi connectivity index (χ2n) is 6.80. The number of nitrogens with two attached hydrogens (primary N) is 1. The third-order valence-electron chi connectivity index (χ3n) is 3.54. The molecule has 3 N–H and O–H groups in total. The van der Waals surface area contributed by atoms with Crippen LogP contribution in [-0.2, 0) is 9.47 Å². The van der Waals surface area contributed by atoms with E-state index in [1.807, 2.05) is 20.8 Å². The van der Waals surface area contributed by atoms with Crippen LogP contribution in [0.25, 0.3) is 0 Å². The Morgan fingerprint density at radius 2 is 2.14 bits per heavy atom. The number of rotatable bonds is 5. The standard InChI is InChI=1S/C15H31N3O3/c1-11-10-20-12(2)9-18(11)13(8-16)6-7-17-14(19)21-15(3,4)5/h11-13H,6-10,16H2,1-5H3,(H,17,19). The first-order chi connectivity index (χ1) is 9.73. The summed E-state index contributed by atoms with van der Waals surface area (Å²) in [7, 11) is 0. The quantitative estimate of drug-likeness (QED) is 0.801. The second-order valence-corrected chi connectivity index (χ2v) is 6.80. The van der Waals surface area contributed by atoms with Crippen molar-refractivity contribution < 1.29 is 14.3 Å². The summed E-state index contributed by atoms with van der Waals surface area (Å²) in [4.78, 5) is 14.0. The van der Waals surface area contributed by atoms with Crippen LogP contribution in [-0.4, -0.2) is 61.0 Å². The monoisotopic (exact) mass is 301 g/mol. The number of alkyl carbamates (subject to hydrolysis) is 1. The van der Waals surface area contributed by atoms with Gasteiger partial charge in [0.1, 0.15) is 5.60 Å². The largest absolute Gasteiger partial charge is 0.444 e. The minimum absolute atomic E-state index is 0.231. The molecule has 6 heteroatoms. The molecule has 0 aliphatic carbocycles. The highest BCUT2D eigenvalue weighted by atomic mass is 16.6. The molecule has 0 bridgehead atoms. The molecule has 6 nitrogen and oxygen atoms in total. The summed E-state index contributed by atoms with van der Waals surface area (Å²) in [6, 6.07) is 0.609. The molecule has 1 heterocycles. The van der Waals surface area contributed by atoms with Crippen molar-refractivity contribution >= 4 is 6.09 Å². The van der Waals surface area contributed by atoms with Crippen molar-refractivity contribution in [3.8, 4) is 0 Å². The number of hydrogen-bond acceptors (Lipinski definition) is 5. The fourth-order valence-corrected chi connectivity index (χ4v) is 2.51. The zero-order valence-electron chi connectivity index (χ0n) is 14.0. The van der Waals surface area contributed by atoms with Crippen molar-refractivity contribution in [3.05, 3.63) is 0 Å². The summed E-state index contributed by atoms with van der Waals surface area (Å²) in [6.07, 6.45) is 0.669. The van der Waals surface area contributed by atoms with E-state index in [4.69, 9.17) is 15.2 Å². The van der Waals surface area contributed by atoms with E-state index in [-0.39, 0.29) is 18.2 Å². The van der Waals surface area contributed by atoms with Crippen molar-refractivity contribution in [1.29, 1.82) is 0 Å². The van der Waals surface area contributed by atoms with Crippen LogP contribution in [0.2, 0.25) is 0 Å². The van der Waals surface area contributed by atoms with E-state index >= 15 is 0 Å². The fraction of sp³-hybridized carbons (Fsp3) is 0.933. The fourth-order valence-electron chi connectivity index (χ4n) is 2.51. The number of nitrogens with zero attached hydrogens (tertiary/aromatic N) is 1. The van der Waals surface area contributed by atoms with Crippen molar-refractivity contribution in [2.45, 2.75) is 64.8 Å². The molecule has 1 rings (SSSR count). The molecule has 3 atom stereocenters. The zero-order chi connectivity index (χ0) is 16.0. The van der Waals surface area contributed by atoms with Gasteiger partial charge in [-0.25, -0.2) is 4.79 Å². The predicted molar refractivity (Wildman–Crippen MR) is 83.3 cm³/mol. The summed E-state index contributed by atoms with van der Waals surface area (Å²) >= 11 is 0. The number of amides is 1. The number of morpholine rings is 1. The molecule has 0 aromatic heterocycles. The molecule has 0 radical (unpaired) electrons. The molecule has 0 aromatic carbocycles. The maximum absolute atomic E-state index is 11.6. The third kappa shape index (κ3) is 6.63. The normalized spacial score (nSPS) is 25.4. The van der Waals surface area contributed by atoms with Gasteiger partial charge in [0.25, 0.3) is 0 Å². The van der Waals surface area contributed by atoms with Gasteiger partial charge in [0, 0.05) is 31.7 Å². The lowest BCUT2D eigenvalue weighted by Gasteiger charge is -2.41. The minimum Gasteiger partial charge on any atom is -0.444 e. The van der Waals surface area contributed by atoms with E-state index in [2.05, 4.69) is 24.1 Å². The highest BCUT2D eigenvalue weighted by Gasteiger charge is 2.28. The van der Waals surface area contributed by atoms with Crippen molar-refractivity contribution in [2.75, 3.05) is 26.2 Å². The van der Waals surface area contributed by atoms with Gasteiger partial charge in [0.2, 0.25) is 0 Å². The highest BCUT2D eigenvalue weighted by Crippen LogP contribution is 2.16. The Balaban J connectivity index is 2.38. The van der Waals surface area contributed by atoms with Crippen LogP contribution >= 0.6 is 0 Å². The molecular formula is C15H31N3O3. The molecule has 0 spiro atoms. The molecule has 1 aliphatic rings. The van der Waals surface area contributed by atoms with Crippen LogP contribution in [0, 0.1) is 0 Å². The van der Waals surface area contributed by atoms with E-state index in [9.17, 15) is 4.79 Å². The van der Waals surface area contributed by atoms with Crippen molar-refractivity contribution in [1.82, 2.24) is 10.2 Å². The number of ether oxygens (including phenoxy) is 2. The summed E-state index contributed by atoms with van der Waals surface area (Å²) in [6.45, 7) is 12.5. The lowest BCUT2D eigenvalue weighted by molar-refractivity contribution is -0.0656. The Bertz CT molecular complexity index is 331. The molecule has 1 aliphatic heterocycles. The Labute approximate surface area is 128 Å². The number of nitrogens with one attached hydrogen (secondary N) is 1. The Hall–Kier alpha value is -0.850. The average molecular weight is 301 g/mol. The van der Waals surface area contributed by atoms with Crippen LogP contribution in [0.4, 0.5) is 4.79 Å². The maximum atomic E-state index is 11.6. The smallest absolute Gasteiger partial charge is 0.407 e. The maximum Gasteiger partial charge on any atom is 0.407 e. The van der Waals surface area contributed by atoms with Gasteiger partial charge in [-0.1, -0.05) is 0 Å². The molecule has 21 heavy (non-hydrogen) atoms. The summed E-state index contributed by atoms with van der Waals surface area (Å²) in [5.41, 5.74) is 5.44. The predicted octanol–water partition coefficient (Wildman–Crippen LogP) is 1.34.